The van der Waals surface area contributed by atoms with Gasteiger partial charge in [0.1, 0.15) is 5.69 Å². The average molecular weight is 334 g/mol. The Kier molecular flexibility index (Phi) is 3.26. The normalized spacial score (nSPS) is 18.6. The van der Waals surface area contributed by atoms with Gasteiger partial charge in [-0.2, -0.15) is 13.2 Å². The molecule has 124 valence electrons. The summed E-state index contributed by atoms with van der Waals surface area (Å²) in [6.07, 6.45) is -3.93. The smallest absolute Gasteiger partial charge is 0.356 e. The molecule has 0 unspecified atom stereocenters. The van der Waals surface area contributed by atoms with Crippen molar-refractivity contribution >= 4 is 27.6 Å². The van der Waals surface area contributed by atoms with E-state index in [1.807, 2.05) is 36.4 Å². The van der Waals surface area contributed by atoms with Gasteiger partial charge in [-0.15, -0.1) is 0 Å². The second-order valence-corrected chi connectivity index (χ2v) is 5.92. The molecule has 1 fully saturated rings. The number of fused-ring (bicyclic) bond motifs is 2. The lowest BCUT2D eigenvalue weighted by Gasteiger charge is -2.24. The van der Waals surface area contributed by atoms with Crippen LogP contribution in [0.5, 0.6) is 0 Å². The van der Waals surface area contributed by atoms with Gasteiger partial charge in [-0.05, 0) is 35.7 Å². The molecule has 0 spiro atoms. The lowest BCUT2D eigenvalue weighted by Crippen LogP contribution is -2.40. The van der Waals surface area contributed by atoms with Crippen LogP contribution in [0.25, 0.3) is 21.7 Å². The first-order chi connectivity index (χ1) is 11.4. The molecule has 1 aliphatic heterocycles. The summed E-state index contributed by atoms with van der Waals surface area (Å²) in [5, 5.41) is 6.54. The van der Waals surface area contributed by atoms with Gasteiger partial charge in [0, 0.05) is 11.9 Å². The third-order valence-corrected chi connectivity index (χ3v) is 4.44. The van der Waals surface area contributed by atoms with E-state index in [-0.39, 0.29) is 6.54 Å². The van der Waals surface area contributed by atoms with Gasteiger partial charge in [0.25, 0.3) is 0 Å². The van der Waals surface area contributed by atoms with Crippen LogP contribution < -0.4 is 0 Å². The van der Waals surface area contributed by atoms with Crippen molar-refractivity contribution in [2.24, 2.45) is 0 Å². The number of carbonyl (C=O) groups excluding carboxylic acids is 1. The summed E-state index contributed by atoms with van der Waals surface area (Å²) in [4.78, 5) is 12.5. The molecule has 1 saturated heterocycles. The number of alkyl halides is 3. The first-order valence-corrected chi connectivity index (χ1v) is 7.61. The highest BCUT2D eigenvalue weighted by Crippen LogP contribution is 2.38. The molecule has 2 aromatic carbocycles. The monoisotopic (exact) mass is 334 g/mol. The van der Waals surface area contributed by atoms with Crippen LogP contribution in [-0.2, 0) is 4.79 Å². The Balaban J connectivity index is 1.81. The van der Waals surface area contributed by atoms with Crippen LogP contribution in [0.15, 0.2) is 40.9 Å². The van der Waals surface area contributed by atoms with Gasteiger partial charge < -0.3 is 9.42 Å². The third kappa shape index (κ3) is 2.31. The molecule has 1 amide bonds. The Morgan fingerprint density at radius 3 is 2.62 bits per heavy atom. The van der Waals surface area contributed by atoms with Crippen molar-refractivity contribution in [1.29, 1.82) is 0 Å². The van der Waals surface area contributed by atoms with Gasteiger partial charge in [0.2, 0.25) is 0 Å². The van der Waals surface area contributed by atoms with Crippen molar-refractivity contribution in [2.75, 3.05) is 6.54 Å². The highest BCUT2D eigenvalue weighted by atomic mass is 19.4. The minimum Gasteiger partial charge on any atom is -0.356 e. The van der Waals surface area contributed by atoms with Crippen LogP contribution in [-0.4, -0.2) is 28.7 Å². The summed E-state index contributed by atoms with van der Waals surface area (Å²) < 4.78 is 43.7. The molecule has 4 rings (SSSR count). The summed E-state index contributed by atoms with van der Waals surface area (Å²) >= 11 is 0. The standard InChI is InChI=1S/C17H13F3N2O2/c18-17(19,20)16(23)22-7-3-6-13(22)15-12-8-10-4-1-2-5-11(10)9-14(12)24-21-15/h1-2,4-5,8-9,13H,3,6-7H2/t13-/m1/s1. The van der Waals surface area contributed by atoms with E-state index in [0.717, 1.165) is 15.7 Å². The molecule has 24 heavy (non-hydrogen) atoms. The molecule has 4 nitrogen and oxygen atoms in total. The topological polar surface area (TPSA) is 46.3 Å². The Bertz CT molecular complexity index is 932. The summed E-state index contributed by atoms with van der Waals surface area (Å²) in [7, 11) is 0. The zero-order valence-electron chi connectivity index (χ0n) is 12.5. The molecule has 1 aliphatic rings. The van der Waals surface area contributed by atoms with E-state index in [9.17, 15) is 18.0 Å². The van der Waals surface area contributed by atoms with Gasteiger partial charge in [0.05, 0.1) is 6.04 Å². The van der Waals surface area contributed by atoms with E-state index in [0.29, 0.717) is 29.5 Å². The van der Waals surface area contributed by atoms with Crippen molar-refractivity contribution in [3.8, 4) is 0 Å². The maximum absolute atomic E-state index is 12.8. The molecule has 0 bridgehead atoms. The first kappa shape index (κ1) is 15.0. The minimum atomic E-state index is -4.88. The molecular weight excluding hydrogens is 321 g/mol. The quantitative estimate of drug-likeness (QED) is 0.670. The number of aromatic nitrogens is 1. The van der Waals surface area contributed by atoms with E-state index >= 15 is 0 Å². The predicted octanol–water partition coefficient (Wildman–Crippen LogP) is 4.21. The maximum atomic E-state index is 12.8. The van der Waals surface area contributed by atoms with E-state index in [1.165, 1.54) is 0 Å². The van der Waals surface area contributed by atoms with Gasteiger partial charge in [-0.25, -0.2) is 0 Å². The Labute approximate surface area is 134 Å². The fourth-order valence-electron chi connectivity index (χ4n) is 3.34. The fraction of sp³-hybridized carbons (Fsp3) is 0.294. The molecule has 7 heteroatoms. The van der Waals surface area contributed by atoms with Crippen LogP contribution >= 0.6 is 0 Å². The Morgan fingerprint density at radius 1 is 1.21 bits per heavy atom. The minimum absolute atomic E-state index is 0.0743. The van der Waals surface area contributed by atoms with Crippen LogP contribution in [0.4, 0.5) is 13.2 Å². The van der Waals surface area contributed by atoms with Crippen molar-refractivity contribution in [1.82, 2.24) is 10.1 Å². The molecular formula is C17H13F3N2O2. The zero-order valence-corrected chi connectivity index (χ0v) is 12.5. The Hall–Kier alpha value is -2.57. The summed E-state index contributed by atoms with van der Waals surface area (Å²) in [5.74, 6) is -1.82. The number of hydrogen-bond acceptors (Lipinski definition) is 3. The van der Waals surface area contributed by atoms with Gasteiger partial charge in [-0.3, -0.25) is 4.79 Å². The number of halogens is 3. The lowest BCUT2D eigenvalue weighted by molar-refractivity contribution is -0.186. The van der Waals surface area contributed by atoms with Crippen LogP contribution in [0.3, 0.4) is 0 Å². The number of hydrogen-bond donors (Lipinski definition) is 0. The van der Waals surface area contributed by atoms with Crippen molar-refractivity contribution < 1.29 is 22.5 Å². The summed E-state index contributed by atoms with van der Waals surface area (Å²) in [6, 6.07) is 10.6. The molecule has 0 aliphatic carbocycles. The van der Waals surface area contributed by atoms with E-state index in [4.69, 9.17) is 4.52 Å². The number of likely N-dealkylation sites (tertiary alicyclic amines) is 1. The summed E-state index contributed by atoms with van der Waals surface area (Å²) in [6.45, 7) is 0.0743. The summed E-state index contributed by atoms with van der Waals surface area (Å²) in [5.41, 5.74) is 0.904. The molecule has 0 radical (unpaired) electrons. The van der Waals surface area contributed by atoms with Gasteiger partial charge in [0.15, 0.2) is 5.58 Å². The van der Waals surface area contributed by atoms with Gasteiger partial charge in [-0.1, -0.05) is 29.4 Å². The van der Waals surface area contributed by atoms with Crippen LogP contribution in [0.2, 0.25) is 0 Å². The predicted molar refractivity (Wildman–Crippen MR) is 81.3 cm³/mol. The fourth-order valence-corrected chi connectivity index (χ4v) is 3.34. The first-order valence-electron chi connectivity index (χ1n) is 7.61. The average Bonchev–Trinajstić information content (AvgIpc) is 3.17. The number of benzene rings is 2. The number of amides is 1. The van der Waals surface area contributed by atoms with E-state index in [1.54, 1.807) is 0 Å². The molecule has 2 heterocycles. The van der Waals surface area contributed by atoms with Crippen molar-refractivity contribution in [3.63, 3.8) is 0 Å². The lowest BCUT2D eigenvalue weighted by atomic mass is 10.0. The highest BCUT2D eigenvalue weighted by Gasteiger charge is 2.47. The molecule has 1 aromatic heterocycles. The molecule has 0 saturated carbocycles. The number of rotatable bonds is 1. The molecule has 0 N–H and O–H groups in total. The SMILES string of the molecule is O=C(N1CCC[C@@H]1c1noc2cc3ccccc3cc12)C(F)(F)F. The highest BCUT2D eigenvalue weighted by molar-refractivity contribution is 5.97. The number of nitrogens with zero attached hydrogens (tertiary/aromatic N) is 2. The molecule has 3 aromatic rings. The van der Waals surface area contributed by atoms with E-state index in [2.05, 4.69) is 5.16 Å². The second kappa shape index (κ2) is 5.22. The van der Waals surface area contributed by atoms with E-state index < -0.39 is 18.1 Å². The Morgan fingerprint density at radius 2 is 1.92 bits per heavy atom. The zero-order chi connectivity index (χ0) is 16.9. The van der Waals surface area contributed by atoms with Crippen molar-refractivity contribution in [2.45, 2.75) is 25.1 Å². The second-order valence-electron chi connectivity index (χ2n) is 5.92. The molecule has 1 atom stereocenters. The third-order valence-electron chi connectivity index (χ3n) is 4.44. The van der Waals surface area contributed by atoms with Crippen LogP contribution in [0, 0.1) is 0 Å². The van der Waals surface area contributed by atoms with Crippen molar-refractivity contribution in [3.05, 3.63) is 42.1 Å². The van der Waals surface area contributed by atoms with Crippen LogP contribution in [0.1, 0.15) is 24.6 Å². The largest absolute Gasteiger partial charge is 0.471 e. The maximum Gasteiger partial charge on any atom is 0.471 e. The number of carbonyl (C=O) groups is 1. The van der Waals surface area contributed by atoms with Gasteiger partial charge >= 0.3 is 12.1 Å².